The second-order valence-corrected chi connectivity index (χ2v) is 28.1. The third-order valence-corrected chi connectivity index (χ3v) is 17.2. The number of hydrogen-bond acceptors (Lipinski definition) is 15. The number of phosphoric ester groups is 2. The molecule has 0 aromatic heterocycles. The highest BCUT2D eigenvalue weighted by Gasteiger charge is 2.30. The number of phosphoric acid groups is 2. The number of hydrogen-bond donors (Lipinski definition) is 3. The summed E-state index contributed by atoms with van der Waals surface area (Å²) in [5.74, 6) is -0.739. The van der Waals surface area contributed by atoms with Crippen LogP contribution in [0.2, 0.25) is 0 Å². The first-order valence-electron chi connectivity index (χ1n) is 35.3. The number of aliphatic hydroxyl groups excluding tert-OH is 1. The van der Waals surface area contributed by atoms with Gasteiger partial charge in [-0.3, -0.25) is 37.3 Å². The highest BCUT2D eigenvalue weighted by atomic mass is 31.2. The third-order valence-electron chi connectivity index (χ3n) is 15.3. The van der Waals surface area contributed by atoms with Crippen molar-refractivity contribution in [3.05, 3.63) is 24.3 Å². The van der Waals surface area contributed by atoms with Crippen LogP contribution in [0.15, 0.2) is 24.3 Å². The summed E-state index contributed by atoms with van der Waals surface area (Å²) in [6.45, 7) is 9.37. The van der Waals surface area contributed by atoms with Crippen LogP contribution in [0.1, 0.15) is 324 Å². The van der Waals surface area contributed by atoms with Crippen LogP contribution in [-0.4, -0.2) is 96.7 Å². The minimum absolute atomic E-state index is 0.0849. The molecule has 0 saturated carbocycles. The quantitative estimate of drug-likeness (QED) is 0.0169. The van der Waals surface area contributed by atoms with Crippen molar-refractivity contribution in [2.45, 2.75) is 342 Å². The SMILES string of the molecule is CCCCCC/C=C\C=C/CCCCCCCC(=O)O[C@H](COC(=O)CCCCCCCCCCCCCC)COP(=O)(O)OC[C@@H](O)COP(=O)(O)OC[C@@H](COC(=O)CCCCCCCCCC(C)C)OC(=O)CCCCCCCCCCC(C)C. The predicted octanol–water partition coefficient (Wildman–Crippen LogP) is 19.2. The number of aliphatic hydroxyl groups is 1. The van der Waals surface area contributed by atoms with Gasteiger partial charge < -0.3 is 33.8 Å². The Bertz CT molecular complexity index is 1810. The lowest BCUT2D eigenvalue weighted by molar-refractivity contribution is -0.161. The fraction of sp³-hybridized carbons (Fsp3) is 0.884. The van der Waals surface area contributed by atoms with E-state index in [-0.39, 0.29) is 25.7 Å². The molecule has 0 rings (SSSR count). The van der Waals surface area contributed by atoms with E-state index in [1.54, 1.807) is 0 Å². The van der Waals surface area contributed by atoms with Gasteiger partial charge >= 0.3 is 39.5 Å². The zero-order valence-electron chi connectivity index (χ0n) is 56.5. The molecule has 19 heteroatoms. The number of ether oxygens (including phenoxy) is 4. The van der Waals surface area contributed by atoms with Gasteiger partial charge in [-0.15, -0.1) is 0 Å². The number of esters is 4. The molecule has 88 heavy (non-hydrogen) atoms. The molecule has 17 nitrogen and oxygen atoms in total. The van der Waals surface area contributed by atoms with Crippen molar-refractivity contribution in [1.82, 2.24) is 0 Å². The van der Waals surface area contributed by atoms with Crippen LogP contribution < -0.4 is 0 Å². The number of rotatable bonds is 66. The molecule has 0 aliphatic carbocycles. The van der Waals surface area contributed by atoms with E-state index < -0.39 is 97.5 Å². The van der Waals surface area contributed by atoms with Crippen LogP contribution in [0.25, 0.3) is 0 Å². The standard InChI is InChI=1S/C69H130O17P2/c1-7-9-11-13-15-17-19-21-22-23-25-27-34-41-47-53-68(73)85-64(57-79-66(71)51-45-39-33-26-24-20-18-16-14-12-10-8-2)59-83-87(75,76)81-55-63(70)56-82-88(77,78)84-60-65(58-80-67(72)52-46-40-36-30-32-38-44-50-62(5)6)86-69(74)54-48-42-35-29-28-31-37-43-49-61(3)4/h17,19,21-22,61-65,70H,7-16,18,20,23-60H2,1-6H3,(H,75,76)(H,77,78)/b19-17-,22-21-/t63-,64-,65-/m1/s1. The molecule has 0 aliphatic rings. The molecule has 2 unspecified atom stereocenters. The van der Waals surface area contributed by atoms with Crippen molar-refractivity contribution in [3.8, 4) is 0 Å². The lowest BCUT2D eigenvalue weighted by Gasteiger charge is -2.21. The van der Waals surface area contributed by atoms with E-state index in [0.29, 0.717) is 37.5 Å². The molecule has 518 valence electrons. The maximum Gasteiger partial charge on any atom is 0.472 e. The van der Waals surface area contributed by atoms with Crippen LogP contribution in [0.3, 0.4) is 0 Å². The fourth-order valence-corrected chi connectivity index (χ4v) is 11.5. The number of unbranched alkanes of at least 4 members (excludes halogenated alkanes) is 33. The van der Waals surface area contributed by atoms with Gasteiger partial charge in [0.25, 0.3) is 0 Å². The average molecular weight is 1290 g/mol. The Morgan fingerprint density at radius 3 is 0.932 bits per heavy atom. The van der Waals surface area contributed by atoms with Gasteiger partial charge in [0.05, 0.1) is 26.4 Å². The molecular weight excluding hydrogens is 1160 g/mol. The van der Waals surface area contributed by atoms with E-state index in [1.807, 2.05) is 0 Å². The van der Waals surface area contributed by atoms with E-state index in [2.05, 4.69) is 65.8 Å². The number of carbonyl (C=O) groups excluding carboxylic acids is 4. The third kappa shape index (κ3) is 62.4. The summed E-state index contributed by atoms with van der Waals surface area (Å²) in [5, 5.41) is 10.6. The molecule has 0 amide bonds. The molecule has 0 aromatic rings. The minimum Gasteiger partial charge on any atom is -0.462 e. The van der Waals surface area contributed by atoms with Gasteiger partial charge in [-0.1, -0.05) is 271 Å². The van der Waals surface area contributed by atoms with Gasteiger partial charge in [-0.25, -0.2) is 9.13 Å². The first-order chi connectivity index (χ1) is 42.4. The summed E-state index contributed by atoms with van der Waals surface area (Å²) in [4.78, 5) is 72.4. The zero-order chi connectivity index (χ0) is 65.0. The Labute approximate surface area is 535 Å². The molecule has 0 aliphatic heterocycles. The van der Waals surface area contributed by atoms with Gasteiger partial charge in [0, 0.05) is 25.7 Å². The smallest absolute Gasteiger partial charge is 0.462 e. The first kappa shape index (κ1) is 85.5. The summed E-state index contributed by atoms with van der Waals surface area (Å²) >= 11 is 0. The van der Waals surface area contributed by atoms with E-state index >= 15 is 0 Å². The van der Waals surface area contributed by atoms with Crippen molar-refractivity contribution in [2.75, 3.05) is 39.6 Å². The Hall–Kier alpha value is -2.46. The summed E-state index contributed by atoms with van der Waals surface area (Å²) in [6, 6.07) is 0. The average Bonchev–Trinajstić information content (AvgIpc) is 3.57. The molecule has 5 atom stereocenters. The molecule has 0 bridgehead atoms. The fourth-order valence-electron chi connectivity index (χ4n) is 9.87. The lowest BCUT2D eigenvalue weighted by Crippen LogP contribution is -2.30. The van der Waals surface area contributed by atoms with Crippen molar-refractivity contribution < 1.29 is 80.2 Å². The molecule has 3 N–H and O–H groups in total. The number of allylic oxidation sites excluding steroid dienone is 4. The summed E-state index contributed by atoms with van der Waals surface area (Å²) in [5.41, 5.74) is 0. The topological polar surface area (TPSA) is 237 Å². The van der Waals surface area contributed by atoms with Crippen LogP contribution in [0.4, 0.5) is 0 Å². The van der Waals surface area contributed by atoms with Crippen LogP contribution >= 0.6 is 15.6 Å². The molecule has 0 saturated heterocycles. The van der Waals surface area contributed by atoms with Crippen LogP contribution in [0.5, 0.6) is 0 Å². The zero-order valence-corrected chi connectivity index (χ0v) is 58.3. The molecular formula is C69H130O17P2. The van der Waals surface area contributed by atoms with Crippen molar-refractivity contribution in [2.24, 2.45) is 11.8 Å². The Balaban J connectivity index is 5.29. The highest BCUT2D eigenvalue weighted by molar-refractivity contribution is 7.47. The number of carbonyl (C=O) groups is 4. The monoisotopic (exact) mass is 1290 g/mol. The largest absolute Gasteiger partial charge is 0.472 e. The molecule has 0 aromatic carbocycles. The van der Waals surface area contributed by atoms with Gasteiger partial charge in [0.1, 0.15) is 19.3 Å². The summed E-state index contributed by atoms with van der Waals surface area (Å²) in [6.07, 6.45) is 48.1. The van der Waals surface area contributed by atoms with Gasteiger partial charge in [-0.05, 0) is 63.2 Å². The summed E-state index contributed by atoms with van der Waals surface area (Å²) < 4.78 is 68.2. The molecule has 0 heterocycles. The first-order valence-corrected chi connectivity index (χ1v) is 38.3. The lowest BCUT2D eigenvalue weighted by atomic mass is 10.0. The molecule has 0 spiro atoms. The minimum atomic E-state index is -4.96. The van der Waals surface area contributed by atoms with E-state index in [0.717, 1.165) is 109 Å². The molecule has 0 radical (unpaired) electrons. The van der Waals surface area contributed by atoms with E-state index in [4.69, 9.17) is 37.0 Å². The Morgan fingerprint density at radius 1 is 0.352 bits per heavy atom. The van der Waals surface area contributed by atoms with Gasteiger partial charge in [0.2, 0.25) is 0 Å². The normalized spacial score (nSPS) is 14.4. The van der Waals surface area contributed by atoms with E-state index in [9.17, 15) is 43.2 Å². The van der Waals surface area contributed by atoms with Crippen molar-refractivity contribution in [3.63, 3.8) is 0 Å². The van der Waals surface area contributed by atoms with Crippen LogP contribution in [0, 0.1) is 11.8 Å². The molecule has 0 fully saturated rings. The van der Waals surface area contributed by atoms with Crippen LogP contribution in [-0.2, 0) is 65.4 Å². The van der Waals surface area contributed by atoms with Crippen molar-refractivity contribution >= 4 is 39.5 Å². The van der Waals surface area contributed by atoms with Gasteiger partial charge in [0.15, 0.2) is 12.2 Å². The van der Waals surface area contributed by atoms with Gasteiger partial charge in [-0.2, -0.15) is 0 Å². The second-order valence-electron chi connectivity index (χ2n) is 25.2. The van der Waals surface area contributed by atoms with E-state index in [1.165, 1.54) is 122 Å². The second kappa shape index (κ2) is 60.8. The summed E-state index contributed by atoms with van der Waals surface area (Å²) in [7, 11) is -9.91. The Kier molecular flexibility index (Phi) is 59.1. The maximum absolute atomic E-state index is 13.0. The highest BCUT2D eigenvalue weighted by Crippen LogP contribution is 2.45. The predicted molar refractivity (Wildman–Crippen MR) is 354 cm³/mol. The Morgan fingerprint density at radius 2 is 0.614 bits per heavy atom. The van der Waals surface area contributed by atoms with Crippen molar-refractivity contribution in [1.29, 1.82) is 0 Å². The maximum atomic E-state index is 13.0.